The number of aromatic nitrogens is 3. The van der Waals surface area contributed by atoms with Gasteiger partial charge in [0.05, 0.1) is 21.6 Å². The van der Waals surface area contributed by atoms with Crippen LogP contribution in [0.15, 0.2) is 88.9 Å². The SMILES string of the molecule is Cc1ccnc(NS(=O)(=O)c2ccc(N=Cc3c4ccccc4nc4cc(Cl)ccc34)cc2)n1. The second-order valence-corrected chi connectivity index (χ2v) is 9.70. The van der Waals surface area contributed by atoms with Gasteiger partial charge in [-0.1, -0.05) is 35.9 Å². The number of hydrogen-bond acceptors (Lipinski definition) is 6. The maximum Gasteiger partial charge on any atom is 0.264 e. The molecule has 0 fully saturated rings. The number of hydrogen-bond donors (Lipinski definition) is 1. The molecule has 2 aromatic heterocycles. The first-order valence-corrected chi connectivity index (χ1v) is 12.2. The average Bonchev–Trinajstić information content (AvgIpc) is 2.81. The van der Waals surface area contributed by atoms with E-state index in [1.165, 1.54) is 18.3 Å². The largest absolute Gasteiger partial charge is 0.264 e. The molecule has 0 spiro atoms. The third kappa shape index (κ3) is 4.46. The third-order valence-electron chi connectivity index (χ3n) is 5.20. The minimum atomic E-state index is -3.82. The van der Waals surface area contributed by atoms with Crippen LogP contribution in [0, 0.1) is 6.92 Å². The number of halogens is 1. The zero-order valence-electron chi connectivity index (χ0n) is 18.0. The zero-order valence-corrected chi connectivity index (χ0v) is 19.5. The molecule has 168 valence electrons. The summed E-state index contributed by atoms with van der Waals surface area (Å²) in [5.41, 5.74) is 3.79. The monoisotopic (exact) mass is 487 g/mol. The van der Waals surface area contributed by atoms with Crippen molar-refractivity contribution in [3.63, 3.8) is 0 Å². The summed E-state index contributed by atoms with van der Waals surface area (Å²) in [6.07, 6.45) is 3.26. The van der Waals surface area contributed by atoms with Gasteiger partial charge in [-0.3, -0.25) is 4.99 Å². The number of rotatable bonds is 5. The molecule has 3 aromatic carbocycles. The molecule has 0 aliphatic rings. The highest BCUT2D eigenvalue weighted by molar-refractivity contribution is 7.92. The standard InChI is InChI=1S/C25H18ClN5O2S/c1-16-12-13-27-25(29-16)31-34(32,33)19-9-7-18(8-10-19)28-15-22-20-4-2-3-5-23(20)30-24-14-17(26)6-11-21(22)24/h2-15H,1H3,(H,27,29,31). The van der Waals surface area contributed by atoms with Gasteiger partial charge in [0, 0.05) is 39.5 Å². The van der Waals surface area contributed by atoms with Crippen molar-refractivity contribution in [1.82, 2.24) is 15.0 Å². The van der Waals surface area contributed by atoms with Gasteiger partial charge in [0.25, 0.3) is 10.0 Å². The number of benzene rings is 3. The van der Waals surface area contributed by atoms with E-state index < -0.39 is 10.0 Å². The molecular weight excluding hydrogens is 470 g/mol. The molecule has 5 rings (SSSR count). The Morgan fingerprint density at radius 1 is 0.912 bits per heavy atom. The van der Waals surface area contributed by atoms with Crippen LogP contribution < -0.4 is 4.72 Å². The Bertz CT molecular complexity index is 1670. The van der Waals surface area contributed by atoms with Crippen LogP contribution in [0.2, 0.25) is 5.02 Å². The quantitative estimate of drug-likeness (QED) is 0.253. The Labute approximate surface area is 201 Å². The predicted molar refractivity (Wildman–Crippen MR) is 136 cm³/mol. The highest BCUT2D eigenvalue weighted by Crippen LogP contribution is 2.27. The van der Waals surface area contributed by atoms with Crippen molar-refractivity contribution in [2.75, 3.05) is 4.72 Å². The summed E-state index contributed by atoms with van der Waals surface area (Å²) in [7, 11) is -3.82. The summed E-state index contributed by atoms with van der Waals surface area (Å²) in [6.45, 7) is 1.76. The molecule has 0 unspecified atom stereocenters. The van der Waals surface area contributed by atoms with Crippen molar-refractivity contribution >= 4 is 61.3 Å². The maximum atomic E-state index is 12.7. The fraction of sp³-hybridized carbons (Fsp3) is 0.0400. The Kier molecular flexibility index (Phi) is 5.69. The molecule has 34 heavy (non-hydrogen) atoms. The Balaban J connectivity index is 1.47. The third-order valence-corrected chi connectivity index (χ3v) is 6.77. The lowest BCUT2D eigenvalue weighted by molar-refractivity contribution is 0.601. The first kappa shape index (κ1) is 21.9. The van der Waals surface area contributed by atoms with Crippen LogP contribution in [0.25, 0.3) is 21.8 Å². The highest BCUT2D eigenvalue weighted by atomic mass is 35.5. The van der Waals surface area contributed by atoms with Gasteiger partial charge in [0.15, 0.2) is 0 Å². The first-order valence-electron chi connectivity index (χ1n) is 10.3. The lowest BCUT2D eigenvalue weighted by Gasteiger charge is -2.08. The number of pyridine rings is 1. The minimum Gasteiger partial charge on any atom is -0.256 e. The normalized spacial score (nSPS) is 11.9. The molecule has 9 heteroatoms. The van der Waals surface area contributed by atoms with Gasteiger partial charge in [0.1, 0.15) is 0 Å². The van der Waals surface area contributed by atoms with Gasteiger partial charge >= 0.3 is 0 Å². The molecule has 0 aliphatic heterocycles. The number of nitrogens with zero attached hydrogens (tertiary/aromatic N) is 4. The molecule has 1 N–H and O–H groups in total. The number of para-hydroxylation sites is 1. The molecule has 0 atom stereocenters. The van der Waals surface area contributed by atoms with Crippen LogP contribution in [0.4, 0.5) is 11.6 Å². The molecule has 0 saturated carbocycles. The Morgan fingerprint density at radius 2 is 1.68 bits per heavy atom. The predicted octanol–water partition coefficient (Wildman–Crippen LogP) is 5.69. The minimum absolute atomic E-state index is 0.0265. The van der Waals surface area contributed by atoms with Crippen LogP contribution in [0.3, 0.4) is 0 Å². The van der Waals surface area contributed by atoms with Crippen molar-refractivity contribution in [3.8, 4) is 0 Å². The van der Waals surface area contributed by atoms with Gasteiger partial charge < -0.3 is 0 Å². The summed E-state index contributed by atoms with van der Waals surface area (Å²) < 4.78 is 27.7. The van der Waals surface area contributed by atoms with E-state index >= 15 is 0 Å². The van der Waals surface area contributed by atoms with Crippen molar-refractivity contribution < 1.29 is 8.42 Å². The maximum absolute atomic E-state index is 12.7. The molecular formula is C25H18ClN5O2S. The smallest absolute Gasteiger partial charge is 0.256 e. The second kappa shape index (κ2) is 8.81. The van der Waals surface area contributed by atoms with Crippen LogP contribution in [0.5, 0.6) is 0 Å². The van der Waals surface area contributed by atoms with E-state index in [2.05, 4.69) is 19.7 Å². The summed E-state index contributed by atoms with van der Waals surface area (Å²) >= 11 is 6.17. The van der Waals surface area contributed by atoms with Gasteiger partial charge in [0.2, 0.25) is 5.95 Å². The van der Waals surface area contributed by atoms with Crippen molar-refractivity contribution in [2.24, 2.45) is 4.99 Å². The molecule has 0 aliphatic carbocycles. The number of aliphatic imine (C=N–C) groups is 1. The van der Waals surface area contributed by atoms with E-state index in [1.54, 1.807) is 31.3 Å². The molecule has 0 saturated heterocycles. The van der Waals surface area contributed by atoms with E-state index in [1.807, 2.05) is 42.5 Å². The van der Waals surface area contributed by atoms with Gasteiger partial charge in [-0.25, -0.2) is 28.1 Å². The number of aryl methyl sites for hydroxylation is 1. The van der Waals surface area contributed by atoms with Crippen molar-refractivity contribution in [2.45, 2.75) is 11.8 Å². The molecule has 5 aromatic rings. The van der Waals surface area contributed by atoms with Crippen molar-refractivity contribution in [3.05, 3.63) is 95.3 Å². The fourth-order valence-corrected chi connectivity index (χ4v) is 4.68. The van der Waals surface area contributed by atoms with E-state index in [4.69, 9.17) is 16.6 Å². The van der Waals surface area contributed by atoms with E-state index in [0.717, 1.165) is 27.4 Å². The summed E-state index contributed by atoms with van der Waals surface area (Å²) in [6, 6.07) is 21.4. The average molecular weight is 488 g/mol. The van der Waals surface area contributed by atoms with Crippen molar-refractivity contribution in [1.29, 1.82) is 0 Å². The number of fused-ring (bicyclic) bond motifs is 2. The molecule has 0 radical (unpaired) electrons. The number of sulfonamides is 1. The van der Waals surface area contributed by atoms with Gasteiger partial charge in [-0.2, -0.15) is 0 Å². The molecule has 2 heterocycles. The van der Waals surface area contributed by atoms with Crippen LogP contribution >= 0.6 is 11.6 Å². The fourth-order valence-electron chi connectivity index (χ4n) is 3.57. The van der Waals surface area contributed by atoms with Crippen LogP contribution in [-0.4, -0.2) is 29.6 Å². The zero-order chi connectivity index (χ0) is 23.7. The molecule has 0 amide bonds. The first-order chi connectivity index (χ1) is 16.4. The number of anilines is 1. The van der Waals surface area contributed by atoms with Gasteiger partial charge in [-0.05, 0) is 55.5 Å². The van der Waals surface area contributed by atoms with Crippen LogP contribution in [0.1, 0.15) is 11.3 Å². The molecule has 0 bridgehead atoms. The lowest BCUT2D eigenvalue weighted by atomic mass is 10.0. The van der Waals surface area contributed by atoms with Gasteiger partial charge in [-0.15, -0.1) is 0 Å². The highest BCUT2D eigenvalue weighted by Gasteiger charge is 2.15. The summed E-state index contributed by atoms with van der Waals surface area (Å²) in [4.78, 5) is 17.4. The van der Waals surface area contributed by atoms with E-state index in [-0.39, 0.29) is 10.8 Å². The van der Waals surface area contributed by atoms with E-state index in [9.17, 15) is 8.42 Å². The number of nitrogens with one attached hydrogen (secondary N) is 1. The summed E-state index contributed by atoms with van der Waals surface area (Å²) in [5, 5.41) is 2.50. The lowest BCUT2D eigenvalue weighted by Crippen LogP contribution is -2.15. The van der Waals surface area contributed by atoms with Crippen LogP contribution in [-0.2, 0) is 10.0 Å². The Morgan fingerprint density at radius 3 is 2.47 bits per heavy atom. The molecule has 7 nitrogen and oxygen atoms in total. The van der Waals surface area contributed by atoms with E-state index in [0.29, 0.717) is 16.4 Å². The summed E-state index contributed by atoms with van der Waals surface area (Å²) in [5.74, 6) is 0.0265. The second-order valence-electron chi connectivity index (χ2n) is 7.58. The Hall–Kier alpha value is -3.88. The topological polar surface area (TPSA) is 97.2 Å².